The number of rotatable bonds is 4. The highest BCUT2D eigenvalue weighted by Gasteiger charge is 2.09. The molecule has 4 heteroatoms. The molecule has 0 aliphatic heterocycles. The summed E-state index contributed by atoms with van der Waals surface area (Å²) < 4.78 is 0. The molecule has 0 aliphatic rings. The van der Waals surface area contributed by atoms with Crippen LogP contribution in [-0.4, -0.2) is 11.7 Å². The molecule has 0 saturated carbocycles. The Balaban J connectivity index is 2.14. The molecule has 0 spiro atoms. The Bertz CT molecular complexity index is 646. The summed E-state index contributed by atoms with van der Waals surface area (Å²) in [4.78, 5) is 0. The van der Waals surface area contributed by atoms with Crippen molar-refractivity contribution < 1.29 is 0 Å². The van der Waals surface area contributed by atoms with Crippen molar-refractivity contribution in [1.29, 1.82) is 10.8 Å². The van der Waals surface area contributed by atoms with Gasteiger partial charge in [-0.05, 0) is 18.1 Å². The molecule has 2 aromatic rings. The van der Waals surface area contributed by atoms with E-state index in [4.69, 9.17) is 16.6 Å². The first-order chi connectivity index (χ1) is 9.59. The Morgan fingerprint density at radius 3 is 2.25 bits per heavy atom. The van der Waals surface area contributed by atoms with Crippen LogP contribution >= 0.6 is 0 Å². The van der Waals surface area contributed by atoms with Gasteiger partial charge in [-0.2, -0.15) is 0 Å². The predicted octanol–water partition coefficient (Wildman–Crippen LogP) is 2.39. The molecule has 102 valence electrons. The minimum Gasteiger partial charge on any atom is -0.384 e. The third-order valence-electron chi connectivity index (χ3n) is 3.20. The van der Waals surface area contributed by atoms with E-state index in [-0.39, 0.29) is 11.7 Å². The van der Waals surface area contributed by atoms with E-state index < -0.39 is 0 Å². The largest absolute Gasteiger partial charge is 0.384 e. The molecule has 0 aliphatic carbocycles. The molecule has 5 N–H and O–H groups in total. The molecule has 0 amide bonds. The van der Waals surface area contributed by atoms with Crippen molar-refractivity contribution in [3.05, 3.63) is 70.8 Å². The van der Waals surface area contributed by atoms with Gasteiger partial charge in [0.1, 0.15) is 11.7 Å². The molecule has 0 radical (unpaired) electrons. The van der Waals surface area contributed by atoms with Crippen molar-refractivity contribution in [3.8, 4) is 0 Å². The van der Waals surface area contributed by atoms with E-state index in [1.165, 1.54) is 5.56 Å². The highest BCUT2D eigenvalue weighted by atomic mass is 14.9. The van der Waals surface area contributed by atoms with E-state index in [0.29, 0.717) is 17.7 Å². The van der Waals surface area contributed by atoms with Crippen molar-refractivity contribution in [2.45, 2.75) is 13.5 Å². The van der Waals surface area contributed by atoms with Crippen LogP contribution in [0.5, 0.6) is 0 Å². The molecule has 0 heterocycles. The van der Waals surface area contributed by atoms with E-state index in [1.54, 1.807) is 12.1 Å². The molecule has 2 rings (SSSR count). The minimum atomic E-state index is -0.0250. The smallest absolute Gasteiger partial charge is 0.126 e. The van der Waals surface area contributed by atoms with Crippen LogP contribution in [0.3, 0.4) is 0 Å². The fourth-order valence-corrected chi connectivity index (χ4v) is 2.02. The molecule has 0 fully saturated rings. The predicted molar refractivity (Wildman–Crippen MR) is 82.3 cm³/mol. The molecule has 20 heavy (non-hydrogen) atoms. The van der Waals surface area contributed by atoms with Gasteiger partial charge in [-0.3, -0.25) is 10.8 Å². The average Bonchev–Trinajstić information content (AvgIpc) is 2.46. The number of nitrogen functional groups attached to an aromatic ring is 1. The number of hydrogen-bond acceptors (Lipinski definition) is 2. The van der Waals surface area contributed by atoms with Gasteiger partial charge in [-0.15, -0.1) is 0 Å². The van der Waals surface area contributed by atoms with Crippen LogP contribution in [0.1, 0.15) is 22.3 Å². The molecule has 0 unspecified atom stereocenters. The molecule has 0 saturated heterocycles. The number of nitrogens with two attached hydrogens (primary N) is 1. The summed E-state index contributed by atoms with van der Waals surface area (Å²) in [5, 5.41) is 18.8. The highest BCUT2D eigenvalue weighted by molar-refractivity contribution is 6.08. The zero-order valence-corrected chi connectivity index (χ0v) is 11.4. The van der Waals surface area contributed by atoms with Crippen molar-refractivity contribution >= 4 is 11.7 Å². The number of hydrogen-bond donors (Lipinski definition) is 4. The Labute approximate surface area is 118 Å². The van der Waals surface area contributed by atoms with Crippen molar-refractivity contribution in [2.24, 2.45) is 5.73 Å². The van der Waals surface area contributed by atoms with E-state index in [2.05, 4.69) is 5.32 Å². The van der Waals surface area contributed by atoms with Gasteiger partial charge in [0, 0.05) is 17.7 Å². The summed E-state index contributed by atoms with van der Waals surface area (Å²) in [5.41, 5.74) is 9.11. The molecule has 0 atom stereocenters. The lowest BCUT2D eigenvalue weighted by Gasteiger charge is -2.12. The van der Waals surface area contributed by atoms with Crippen molar-refractivity contribution in [1.82, 2.24) is 5.32 Å². The molecule has 2 aromatic carbocycles. The summed E-state index contributed by atoms with van der Waals surface area (Å²) in [7, 11) is 0. The van der Waals surface area contributed by atoms with Gasteiger partial charge in [-0.1, -0.05) is 48.5 Å². The summed E-state index contributed by atoms with van der Waals surface area (Å²) in [6.07, 6.45) is 0. The van der Waals surface area contributed by atoms with Crippen LogP contribution in [0.15, 0.2) is 48.5 Å². The Morgan fingerprint density at radius 2 is 1.60 bits per heavy atom. The highest BCUT2D eigenvalue weighted by Crippen LogP contribution is 2.10. The summed E-state index contributed by atoms with van der Waals surface area (Å²) >= 11 is 0. The van der Waals surface area contributed by atoms with Crippen LogP contribution in [0.25, 0.3) is 0 Å². The minimum absolute atomic E-state index is 0.0250. The number of nitrogens with one attached hydrogen (secondary N) is 3. The first-order valence-electron chi connectivity index (χ1n) is 6.40. The zero-order valence-electron chi connectivity index (χ0n) is 11.4. The molecule has 0 aromatic heterocycles. The lowest BCUT2D eigenvalue weighted by molar-refractivity contribution is 0.898. The number of aryl methyl sites for hydroxylation is 1. The second-order valence-corrected chi connectivity index (χ2v) is 4.61. The standard InChI is InChI=1S/C16H18N4/c1-11-6-2-3-7-12(11)10-20-16(19)14-9-5-4-8-13(14)15(17)18/h2-9H,10H2,1H3,(H3,17,18)(H2,19,20). The van der Waals surface area contributed by atoms with Gasteiger partial charge < -0.3 is 11.1 Å². The maximum atomic E-state index is 8.12. The van der Waals surface area contributed by atoms with Crippen LogP contribution < -0.4 is 11.1 Å². The Morgan fingerprint density at radius 1 is 1.00 bits per heavy atom. The van der Waals surface area contributed by atoms with E-state index in [0.717, 1.165) is 5.56 Å². The summed E-state index contributed by atoms with van der Waals surface area (Å²) in [6, 6.07) is 15.3. The maximum absolute atomic E-state index is 8.12. The van der Waals surface area contributed by atoms with E-state index in [9.17, 15) is 0 Å². The fourth-order valence-electron chi connectivity index (χ4n) is 2.02. The topological polar surface area (TPSA) is 85.8 Å². The van der Waals surface area contributed by atoms with E-state index >= 15 is 0 Å². The molecular weight excluding hydrogens is 248 g/mol. The van der Waals surface area contributed by atoms with E-state index in [1.807, 2.05) is 43.3 Å². The van der Waals surface area contributed by atoms with Gasteiger partial charge in [-0.25, -0.2) is 0 Å². The average molecular weight is 266 g/mol. The zero-order chi connectivity index (χ0) is 14.5. The monoisotopic (exact) mass is 266 g/mol. The number of amidine groups is 2. The summed E-state index contributed by atoms with van der Waals surface area (Å²) in [5.74, 6) is 0.252. The van der Waals surface area contributed by atoms with Crippen LogP contribution in [-0.2, 0) is 6.54 Å². The van der Waals surface area contributed by atoms with Gasteiger partial charge in [0.15, 0.2) is 0 Å². The maximum Gasteiger partial charge on any atom is 0.126 e. The first-order valence-corrected chi connectivity index (χ1v) is 6.40. The quantitative estimate of drug-likeness (QED) is 0.506. The third-order valence-corrected chi connectivity index (χ3v) is 3.20. The first kappa shape index (κ1) is 13.8. The fraction of sp³-hybridized carbons (Fsp3) is 0.125. The SMILES string of the molecule is Cc1ccccc1CNC(=N)c1ccccc1C(=N)N. The Hall–Kier alpha value is -2.62. The van der Waals surface area contributed by atoms with Crippen LogP contribution in [0.4, 0.5) is 0 Å². The van der Waals surface area contributed by atoms with Crippen LogP contribution in [0.2, 0.25) is 0 Å². The second kappa shape index (κ2) is 6.02. The lowest BCUT2D eigenvalue weighted by Crippen LogP contribution is -2.26. The third kappa shape index (κ3) is 3.03. The number of benzene rings is 2. The van der Waals surface area contributed by atoms with Crippen molar-refractivity contribution in [3.63, 3.8) is 0 Å². The normalized spacial score (nSPS) is 10.1. The molecule has 0 bridgehead atoms. The molecular formula is C16H18N4. The van der Waals surface area contributed by atoms with Gasteiger partial charge in [0.2, 0.25) is 0 Å². The van der Waals surface area contributed by atoms with Gasteiger partial charge in [0.05, 0.1) is 0 Å². The lowest BCUT2D eigenvalue weighted by atomic mass is 10.0. The Kier molecular flexibility index (Phi) is 4.15. The van der Waals surface area contributed by atoms with Gasteiger partial charge in [0.25, 0.3) is 0 Å². The molecule has 4 nitrogen and oxygen atoms in total. The second-order valence-electron chi connectivity index (χ2n) is 4.61. The van der Waals surface area contributed by atoms with Gasteiger partial charge >= 0.3 is 0 Å². The summed E-state index contributed by atoms with van der Waals surface area (Å²) in [6.45, 7) is 2.63. The van der Waals surface area contributed by atoms with Crippen LogP contribution in [0, 0.1) is 17.7 Å². The van der Waals surface area contributed by atoms with Crippen molar-refractivity contribution in [2.75, 3.05) is 0 Å².